The molecule has 18 heavy (non-hydrogen) atoms. The Morgan fingerprint density at radius 2 is 1.83 bits per heavy atom. The van der Waals surface area contributed by atoms with Gasteiger partial charge in [-0.2, -0.15) is 12.8 Å². The average molecular weight is 264 g/mol. The molecule has 2 rings (SSSR count). The first-order valence-electron chi connectivity index (χ1n) is 5.05. The van der Waals surface area contributed by atoms with Gasteiger partial charge in [0.25, 0.3) is 10.0 Å². The lowest BCUT2D eigenvalue weighted by Crippen LogP contribution is -2.00. The lowest BCUT2D eigenvalue weighted by Gasteiger charge is -1.96. The molecule has 2 aromatic rings. The van der Waals surface area contributed by atoms with Gasteiger partial charge in [-0.3, -0.25) is 0 Å². The maximum Gasteiger partial charge on any atom is 0.299 e. The molecule has 0 atom stereocenters. The van der Waals surface area contributed by atoms with Crippen molar-refractivity contribution in [1.29, 1.82) is 0 Å². The molecule has 0 saturated carbocycles. The van der Waals surface area contributed by atoms with Gasteiger partial charge in [0.1, 0.15) is 5.82 Å². The second-order valence-corrected chi connectivity index (χ2v) is 5.01. The number of aromatic nitrogens is 1. The zero-order valence-corrected chi connectivity index (χ0v) is 10.0. The summed E-state index contributed by atoms with van der Waals surface area (Å²) in [5.74, 6) is -0.389. The summed E-state index contributed by atoms with van der Waals surface area (Å²) < 4.78 is 39.6. The molecule has 0 aliphatic heterocycles. The molecular formula is C12H9FN2O2S. The van der Waals surface area contributed by atoms with Crippen molar-refractivity contribution in [2.75, 3.05) is 0 Å². The van der Waals surface area contributed by atoms with Crippen LogP contribution in [0.1, 0.15) is 5.56 Å². The van der Waals surface area contributed by atoms with Gasteiger partial charge in [0, 0.05) is 12.4 Å². The molecule has 1 heterocycles. The van der Waals surface area contributed by atoms with Crippen molar-refractivity contribution in [3.63, 3.8) is 0 Å². The number of sulfonamides is 1. The first kappa shape index (κ1) is 12.4. The summed E-state index contributed by atoms with van der Waals surface area (Å²) in [6.07, 6.45) is 2.53. The van der Waals surface area contributed by atoms with E-state index in [2.05, 4.69) is 9.38 Å². The average Bonchev–Trinajstić information content (AvgIpc) is 2.39. The Morgan fingerprint density at radius 1 is 1.11 bits per heavy atom. The molecule has 4 nitrogen and oxygen atoms in total. The summed E-state index contributed by atoms with van der Waals surface area (Å²) >= 11 is 0. The predicted molar refractivity (Wildman–Crippen MR) is 65.4 cm³/mol. The number of halogens is 1. The van der Waals surface area contributed by atoms with Crippen LogP contribution in [0.2, 0.25) is 0 Å². The van der Waals surface area contributed by atoms with Gasteiger partial charge in [-0.05, 0) is 29.8 Å². The zero-order valence-electron chi connectivity index (χ0n) is 9.19. The Bertz CT molecular complexity index is 652. The molecule has 0 radical (unpaired) electrons. The number of hydrogen-bond donors (Lipinski definition) is 0. The monoisotopic (exact) mass is 264 g/mol. The molecule has 0 bridgehead atoms. The Kier molecular flexibility index (Phi) is 3.47. The summed E-state index contributed by atoms with van der Waals surface area (Å²) in [5, 5.41) is -0.122. The molecule has 1 aromatic heterocycles. The fourth-order valence-corrected chi connectivity index (χ4v) is 2.05. The summed E-state index contributed by atoms with van der Waals surface area (Å²) in [7, 11) is -3.80. The summed E-state index contributed by atoms with van der Waals surface area (Å²) in [6.45, 7) is 0. The third-order valence-electron chi connectivity index (χ3n) is 2.11. The quantitative estimate of drug-likeness (QED) is 0.797. The Balaban J connectivity index is 2.26. The predicted octanol–water partition coefficient (Wildman–Crippen LogP) is 2.03. The fourth-order valence-electron chi connectivity index (χ4n) is 1.23. The number of hydrogen-bond acceptors (Lipinski definition) is 3. The van der Waals surface area contributed by atoms with Crippen LogP contribution >= 0.6 is 0 Å². The van der Waals surface area contributed by atoms with E-state index in [-0.39, 0.29) is 10.8 Å². The van der Waals surface area contributed by atoms with Gasteiger partial charge in [0.2, 0.25) is 0 Å². The van der Waals surface area contributed by atoms with Crippen molar-refractivity contribution >= 4 is 16.2 Å². The first-order chi connectivity index (χ1) is 8.58. The van der Waals surface area contributed by atoms with E-state index in [1.807, 2.05) is 0 Å². The van der Waals surface area contributed by atoms with Crippen LogP contribution < -0.4 is 0 Å². The van der Waals surface area contributed by atoms with Crippen LogP contribution in [0.5, 0.6) is 0 Å². The Labute approximate surface area is 104 Å². The molecule has 92 valence electrons. The molecule has 0 aliphatic carbocycles. The van der Waals surface area contributed by atoms with E-state index >= 15 is 0 Å². The van der Waals surface area contributed by atoms with E-state index in [4.69, 9.17) is 0 Å². The molecular weight excluding hydrogens is 255 g/mol. The summed E-state index contributed by atoms with van der Waals surface area (Å²) in [6, 6.07) is 9.87. The molecule has 0 N–H and O–H groups in total. The molecule has 0 saturated heterocycles. The fraction of sp³-hybridized carbons (Fsp3) is 0. The zero-order chi connectivity index (χ0) is 13.0. The minimum Gasteiger partial charge on any atom is -0.243 e. The highest BCUT2D eigenvalue weighted by Gasteiger charge is 2.11. The number of rotatable bonds is 3. The van der Waals surface area contributed by atoms with Gasteiger partial charge in [-0.25, -0.2) is 9.37 Å². The van der Waals surface area contributed by atoms with Crippen LogP contribution in [0.4, 0.5) is 4.39 Å². The van der Waals surface area contributed by atoms with Crippen molar-refractivity contribution < 1.29 is 12.8 Å². The van der Waals surface area contributed by atoms with Crippen LogP contribution in [0.15, 0.2) is 58.1 Å². The highest BCUT2D eigenvalue weighted by Crippen LogP contribution is 2.08. The maximum atomic E-state index is 12.7. The largest absolute Gasteiger partial charge is 0.299 e. The van der Waals surface area contributed by atoms with Gasteiger partial charge >= 0.3 is 0 Å². The summed E-state index contributed by atoms with van der Waals surface area (Å²) in [4.78, 5) is 3.72. The second-order valence-electron chi connectivity index (χ2n) is 3.43. The third kappa shape index (κ3) is 2.98. The van der Waals surface area contributed by atoms with Gasteiger partial charge in [-0.1, -0.05) is 18.2 Å². The van der Waals surface area contributed by atoms with Crippen molar-refractivity contribution in [2.45, 2.75) is 5.03 Å². The molecule has 0 unspecified atom stereocenters. The van der Waals surface area contributed by atoms with Gasteiger partial charge in [0.15, 0.2) is 5.03 Å². The van der Waals surface area contributed by atoms with Crippen LogP contribution in [-0.2, 0) is 10.0 Å². The van der Waals surface area contributed by atoms with Crippen LogP contribution in [0.3, 0.4) is 0 Å². The number of benzene rings is 1. The van der Waals surface area contributed by atoms with Crippen LogP contribution in [0.25, 0.3) is 0 Å². The van der Waals surface area contributed by atoms with Crippen LogP contribution in [0, 0.1) is 5.82 Å². The lowest BCUT2D eigenvalue weighted by molar-refractivity contribution is 0.594. The molecule has 0 amide bonds. The SMILES string of the molecule is O=S(=O)(/N=C/c1ccc(F)cc1)c1ccccn1. The van der Waals surface area contributed by atoms with Gasteiger partial charge in [-0.15, -0.1) is 0 Å². The van der Waals surface area contributed by atoms with E-state index in [1.54, 1.807) is 12.1 Å². The molecule has 1 aromatic carbocycles. The molecule has 0 spiro atoms. The van der Waals surface area contributed by atoms with E-state index in [1.165, 1.54) is 36.5 Å². The van der Waals surface area contributed by atoms with Crippen molar-refractivity contribution in [2.24, 2.45) is 4.40 Å². The Morgan fingerprint density at radius 3 is 2.44 bits per heavy atom. The van der Waals surface area contributed by atoms with Gasteiger partial charge in [0.05, 0.1) is 0 Å². The molecule has 6 heteroatoms. The molecule has 0 aliphatic rings. The van der Waals surface area contributed by atoms with E-state index in [0.717, 1.165) is 6.21 Å². The first-order valence-corrected chi connectivity index (χ1v) is 6.49. The summed E-state index contributed by atoms with van der Waals surface area (Å²) in [5.41, 5.74) is 0.496. The smallest absolute Gasteiger partial charge is 0.243 e. The van der Waals surface area contributed by atoms with Gasteiger partial charge < -0.3 is 0 Å². The Hall–Kier alpha value is -2.08. The van der Waals surface area contributed by atoms with Crippen molar-refractivity contribution in [3.05, 3.63) is 60.0 Å². The van der Waals surface area contributed by atoms with E-state index in [9.17, 15) is 12.8 Å². The third-order valence-corrected chi connectivity index (χ3v) is 3.27. The minimum absolute atomic E-state index is 0.122. The maximum absolute atomic E-state index is 12.7. The highest BCUT2D eigenvalue weighted by molar-refractivity contribution is 7.90. The van der Waals surface area contributed by atoms with Crippen LogP contribution in [-0.4, -0.2) is 19.6 Å². The van der Waals surface area contributed by atoms with E-state index < -0.39 is 10.0 Å². The lowest BCUT2D eigenvalue weighted by atomic mass is 10.2. The minimum atomic E-state index is -3.80. The topological polar surface area (TPSA) is 59.4 Å². The number of pyridine rings is 1. The normalized spacial score (nSPS) is 11.8. The highest BCUT2D eigenvalue weighted by atomic mass is 32.2. The molecule has 0 fully saturated rings. The van der Waals surface area contributed by atoms with Crippen molar-refractivity contribution in [3.8, 4) is 0 Å². The standard InChI is InChI=1S/C12H9FN2O2S/c13-11-6-4-10(5-7-11)9-15-18(16,17)12-3-1-2-8-14-12/h1-9H/b15-9+. The number of nitrogens with zero attached hydrogens (tertiary/aromatic N) is 2. The van der Waals surface area contributed by atoms with Crippen molar-refractivity contribution in [1.82, 2.24) is 4.98 Å². The second kappa shape index (κ2) is 5.05. The van der Waals surface area contributed by atoms with E-state index in [0.29, 0.717) is 5.56 Å².